The van der Waals surface area contributed by atoms with Crippen molar-refractivity contribution in [3.63, 3.8) is 0 Å². The fraction of sp³-hybridized carbons (Fsp3) is 0.250. The Morgan fingerprint density at radius 1 is 1.53 bits per heavy atom. The molecule has 0 amide bonds. The van der Waals surface area contributed by atoms with Crippen LogP contribution in [0.25, 0.3) is 0 Å². The molecule has 0 spiro atoms. The predicted molar refractivity (Wildman–Crippen MR) is 71.4 cm³/mol. The van der Waals surface area contributed by atoms with Gasteiger partial charge in [0.15, 0.2) is 0 Å². The van der Waals surface area contributed by atoms with E-state index in [1.165, 1.54) is 26.3 Å². The molecule has 0 saturated heterocycles. The van der Waals surface area contributed by atoms with E-state index in [2.05, 4.69) is 10.7 Å². The van der Waals surface area contributed by atoms with Crippen LogP contribution < -0.4 is 0 Å². The number of benzene rings is 1. The van der Waals surface area contributed by atoms with Crippen molar-refractivity contribution in [2.45, 2.75) is 4.90 Å². The Hall–Kier alpha value is -1.55. The molecule has 0 aromatic heterocycles. The van der Waals surface area contributed by atoms with Crippen LogP contribution in [0.3, 0.4) is 0 Å². The number of halogens is 1. The van der Waals surface area contributed by atoms with Crippen molar-refractivity contribution in [1.29, 1.82) is 0 Å². The summed E-state index contributed by atoms with van der Waals surface area (Å²) in [6.07, 6.45) is 5.08. The maximum Gasteiger partial charge on any atom is 0.337 e. The van der Waals surface area contributed by atoms with Gasteiger partial charge in [0.25, 0.3) is 0 Å². The monoisotopic (exact) mass is 301 g/mol. The number of carbonyl (C=O) groups excluding carboxylic acids is 1. The van der Waals surface area contributed by atoms with Gasteiger partial charge >= 0.3 is 5.97 Å². The number of nitrogens with zero attached hydrogens (tertiary/aromatic N) is 1. The Labute approximate surface area is 117 Å². The molecule has 1 aromatic carbocycles. The lowest BCUT2D eigenvalue weighted by Gasteiger charge is -2.15. The number of hydrogen-bond donors (Lipinski definition) is 0. The number of sulfonamides is 1. The third-order valence-corrected chi connectivity index (χ3v) is 4.64. The molecule has 0 aliphatic heterocycles. The van der Waals surface area contributed by atoms with Crippen LogP contribution in [0.1, 0.15) is 10.4 Å². The molecule has 1 rings (SSSR count). The highest BCUT2D eigenvalue weighted by atomic mass is 35.5. The van der Waals surface area contributed by atoms with Crippen molar-refractivity contribution < 1.29 is 17.9 Å². The number of carbonyl (C=O) groups is 1. The molecule has 0 fully saturated rings. The molecular formula is C12H12ClNO4S. The molecule has 1 aromatic rings. The lowest BCUT2D eigenvalue weighted by atomic mass is 10.2. The molecule has 0 N–H and O–H groups in total. The first-order valence-electron chi connectivity index (χ1n) is 5.12. The molecule has 5 nitrogen and oxygen atoms in total. The summed E-state index contributed by atoms with van der Waals surface area (Å²) in [6.45, 7) is -0.0961. The molecule has 0 aliphatic rings. The Morgan fingerprint density at radius 2 is 2.16 bits per heavy atom. The summed E-state index contributed by atoms with van der Waals surface area (Å²) in [5, 5.41) is 0.0107. The highest BCUT2D eigenvalue weighted by Crippen LogP contribution is 2.25. The van der Waals surface area contributed by atoms with Gasteiger partial charge in [-0.05, 0) is 18.2 Å². The summed E-state index contributed by atoms with van der Waals surface area (Å²) < 4.78 is 29.9. The number of hydrogen-bond acceptors (Lipinski definition) is 4. The van der Waals surface area contributed by atoms with Gasteiger partial charge in [0.1, 0.15) is 4.90 Å². The van der Waals surface area contributed by atoms with Crippen LogP contribution in [-0.4, -0.2) is 39.4 Å². The number of terminal acetylenes is 1. The van der Waals surface area contributed by atoms with E-state index in [-0.39, 0.29) is 22.0 Å². The number of methoxy groups -OCH3 is 1. The van der Waals surface area contributed by atoms with Gasteiger partial charge in [-0.25, -0.2) is 13.2 Å². The first kappa shape index (κ1) is 15.5. The highest BCUT2D eigenvalue weighted by Gasteiger charge is 2.24. The Bertz CT molecular complexity index is 634. The van der Waals surface area contributed by atoms with E-state index in [0.717, 1.165) is 10.4 Å². The summed E-state index contributed by atoms with van der Waals surface area (Å²) >= 11 is 5.86. The maximum absolute atomic E-state index is 12.2. The molecule has 0 radical (unpaired) electrons. The van der Waals surface area contributed by atoms with E-state index in [4.69, 9.17) is 18.0 Å². The van der Waals surface area contributed by atoms with Crippen LogP contribution >= 0.6 is 11.6 Å². The molecule has 0 saturated carbocycles. The van der Waals surface area contributed by atoms with Crippen molar-refractivity contribution in [2.75, 3.05) is 20.7 Å². The van der Waals surface area contributed by atoms with Gasteiger partial charge in [-0.2, -0.15) is 4.31 Å². The van der Waals surface area contributed by atoms with Crippen molar-refractivity contribution in [1.82, 2.24) is 4.31 Å². The maximum atomic E-state index is 12.2. The fourth-order valence-corrected chi connectivity index (χ4v) is 2.91. The van der Waals surface area contributed by atoms with E-state index in [9.17, 15) is 13.2 Å². The smallest absolute Gasteiger partial charge is 0.337 e. The first-order chi connectivity index (χ1) is 8.84. The molecule has 0 atom stereocenters. The van der Waals surface area contributed by atoms with Crippen molar-refractivity contribution in [3.05, 3.63) is 28.8 Å². The van der Waals surface area contributed by atoms with Crippen molar-refractivity contribution in [2.24, 2.45) is 0 Å². The van der Waals surface area contributed by atoms with Gasteiger partial charge in [-0.3, -0.25) is 0 Å². The zero-order valence-electron chi connectivity index (χ0n) is 10.4. The average molecular weight is 302 g/mol. The lowest BCUT2D eigenvalue weighted by Crippen LogP contribution is -2.27. The van der Waals surface area contributed by atoms with Gasteiger partial charge in [0.05, 0.1) is 24.2 Å². The lowest BCUT2D eigenvalue weighted by molar-refractivity contribution is 0.0600. The van der Waals surface area contributed by atoms with E-state index >= 15 is 0 Å². The van der Waals surface area contributed by atoms with Gasteiger partial charge in [0.2, 0.25) is 10.0 Å². The summed E-state index contributed by atoms with van der Waals surface area (Å²) in [7, 11) is -1.31. The minimum absolute atomic E-state index is 0.0107. The normalized spacial score (nSPS) is 11.1. The van der Waals surface area contributed by atoms with E-state index < -0.39 is 16.0 Å². The van der Waals surface area contributed by atoms with Crippen molar-refractivity contribution in [3.8, 4) is 12.3 Å². The van der Waals surface area contributed by atoms with Crippen molar-refractivity contribution >= 4 is 27.6 Å². The van der Waals surface area contributed by atoms with Crippen LogP contribution in [-0.2, 0) is 14.8 Å². The average Bonchev–Trinajstić information content (AvgIpc) is 2.38. The Balaban J connectivity index is 3.34. The second kappa shape index (κ2) is 6.06. The Kier molecular flexibility index (Phi) is 4.95. The molecule has 19 heavy (non-hydrogen) atoms. The van der Waals surface area contributed by atoms with Gasteiger partial charge in [0, 0.05) is 7.05 Å². The van der Waals surface area contributed by atoms with Crippen LogP contribution in [0, 0.1) is 12.3 Å². The Morgan fingerprint density at radius 3 is 2.68 bits per heavy atom. The molecular weight excluding hydrogens is 290 g/mol. The van der Waals surface area contributed by atoms with E-state index in [1.54, 1.807) is 0 Å². The fourth-order valence-electron chi connectivity index (χ4n) is 1.33. The summed E-state index contributed by atoms with van der Waals surface area (Å²) in [4.78, 5) is 11.2. The SMILES string of the molecule is C#CCN(C)S(=O)(=O)c1cc(C(=O)OC)ccc1Cl. The van der Waals surface area contributed by atoms with Gasteiger partial charge < -0.3 is 4.74 Å². The summed E-state index contributed by atoms with van der Waals surface area (Å²) in [5.41, 5.74) is 0.0968. The third-order valence-electron chi connectivity index (χ3n) is 2.35. The minimum Gasteiger partial charge on any atom is -0.465 e. The van der Waals surface area contributed by atoms with Crippen LogP contribution in [0.4, 0.5) is 0 Å². The first-order valence-corrected chi connectivity index (χ1v) is 6.94. The molecule has 7 heteroatoms. The second-order valence-corrected chi connectivity index (χ2v) is 6.02. The van der Waals surface area contributed by atoms with Gasteiger partial charge in [-0.15, -0.1) is 6.42 Å². The molecule has 0 bridgehead atoms. The molecule has 0 aliphatic carbocycles. The predicted octanol–water partition coefficient (Wildman–Crippen LogP) is 1.38. The van der Waals surface area contributed by atoms with Crippen LogP contribution in [0.15, 0.2) is 23.1 Å². The van der Waals surface area contributed by atoms with Crippen LogP contribution in [0.2, 0.25) is 5.02 Å². The van der Waals surface area contributed by atoms with E-state index in [1.807, 2.05) is 0 Å². The summed E-state index contributed by atoms with van der Waals surface area (Å²) in [6, 6.07) is 3.87. The minimum atomic E-state index is -3.84. The zero-order chi connectivity index (χ0) is 14.6. The topological polar surface area (TPSA) is 63.7 Å². The highest BCUT2D eigenvalue weighted by molar-refractivity contribution is 7.89. The van der Waals surface area contributed by atoms with E-state index in [0.29, 0.717) is 0 Å². The second-order valence-electron chi connectivity index (χ2n) is 3.60. The molecule has 102 valence electrons. The third kappa shape index (κ3) is 3.26. The standard InChI is InChI=1S/C12H12ClNO4S/c1-4-7-14(2)19(16,17)11-8-9(12(15)18-3)5-6-10(11)13/h1,5-6,8H,7H2,2-3H3. The quantitative estimate of drug-likeness (QED) is 0.622. The summed E-state index contributed by atoms with van der Waals surface area (Å²) in [5.74, 6) is 1.58. The molecule has 0 unspecified atom stereocenters. The molecule has 0 heterocycles. The van der Waals surface area contributed by atoms with Crippen LogP contribution in [0.5, 0.6) is 0 Å². The largest absolute Gasteiger partial charge is 0.465 e. The van der Waals surface area contributed by atoms with Gasteiger partial charge in [-0.1, -0.05) is 17.5 Å². The number of rotatable bonds is 4. The number of ether oxygens (including phenoxy) is 1. The zero-order valence-corrected chi connectivity index (χ0v) is 12.0. The number of esters is 1.